The zero-order valence-corrected chi connectivity index (χ0v) is 8.79. The number of hydrogen-bond acceptors (Lipinski definition) is 4. The zero-order valence-electron chi connectivity index (χ0n) is 8.79. The van der Waals surface area contributed by atoms with E-state index in [0.717, 1.165) is 25.7 Å². The number of rotatable bonds is 0. The predicted octanol–water partition coefficient (Wildman–Crippen LogP) is 0.348. The highest BCUT2D eigenvalue weighted by molar-refractivity contribution is 4.89. The van der Waals surface area contributed by atoms with Gasteiger partial charge in [-0.1, -0.05) is 0 Å². The van der Waals surface area contributed by atoms with E-state index < -0.39 is 0 Å². The molecule has 1 saturated carbocycles. The van der Waals surface area contributed by atoms with Crippen LogP contribution >= 0.6 is 0 Å². The molecule has 4 nitrogen and oxygen atoms in total. The van der Waals surface area contributed by atoms with E-state index in [2.05, 4.69) is 0 Å². The van der Waals surface area contributed by atoms with Crippen LogP contribution in [-0.2, 0) is 9.47 Å². The van der Waals surface area contributed by atoms with Crippen LogP contribution < -0.4 is 11.5 Å². The van der Waals surface area contributed by atoms with Crippen molar-refractivity contribution in [3.05, 3.63) is 0 Å². The summed E-state index contributed by atoms with van der Waals surface area (Å²) in [5, 5.41) is 0. The van der Waals surface area contributed by atoms with Crippen LogP contribution in [0.5, 0.6) is 0 Å². The van der Waals surface area contributed by atoms with E-state index in [1.54, 1.807) is 0 Å². The van der Waals surface area contributed by atoms with E-state index in [-0.39, 0.29) is 11.3 Å². The second kappa shape index (κ2) is 3.45. The third kappa shape index (κ3) is 2.08. The lowest BCUT2D eigenvalue weighted by atomic mass is 9.89. The van der Waals surface area contributed by atoms with Crippen molar-refractivity contribution in [2.24, 2.45) is 11.5 Å². The van der Waals surface area contributed by atoms with Gasteiger partial charge in [-0.15, -0.1) is 0 Å². The highest BCUT2D eigenvalue weighted by atomic mass is 16.7. The summed E-state index contributed by atoms with van der Waals surface area (Å²) in [5.74, 6) is -0.366. The van der Waals surface area contributed by atoms with Crippen LogP contribution in [0.15, 0.2) is 0 Å². The van der Waals surface area contributed by atoms with Gasteiger partial charge in [0.2, 0.25) is 0 Å². The standard InChI is InChI=1S/C10H20N2O2/c1-9(12)6-13-10(14-7-9)4-2-8(11)3-5-10/h8H,2-7,11-12H2,1H3. The Morgan fingerprint density at radius 3 is 2.14 bits per heavy atom. The van der Waals surface area contributed by atoms with E-state index in [9.17, 15) is 0 Å². The minimum atomic E-state index is -0.366. The van der Waals surface area contributed by atoms with Gasteiger partial charge in [-0.2, -0.15) is 0 Å². The van der Waals surface area contributed by atoms with E-state index in [1.165, 1.54) is 0 Å². The summed E-state index contributed by atoms with van der Waals surface area (Å²) in [6.07, 6.45) is 3.79. The second-order valence-electron chi connectivity index (χ2n) is 4.98. The molecule has 1 saturated heterocycles. The average molecular weight is 200 g/mol. The topological polar surface area (TPSA) is 70.5 Å². The van der Waals surface area contributed by atoms with Crippen LogP contribution in [0.3, 0.4) is 0 Å². The lowest BCUT2D eigenvalue weighted by molar-refractivity contribution is -0.297. The first-order valence-corrected chi connectivity index (χ1v) is 5.34. The van der Waals surface area contributed by atoms with Crippen molar-refractivity contribution in [2.75, 3.05) is 13.2 Å². The van der Waals surface area contributed by atoms with Gasteiger partial charge in [-0.05, 0) is 19.8 Å². The van der Waals surface area contributed by atoms with Gasteiger partial charge in [0.05, 0.1) is 18.8 Å². The summed E-state index contributed by atoms with van der Waals surface area (Å²) in [4.78, 5) is 0. The zero-order chi connectivity index (χ0) is 10.2. The first kappa shape index (κ1) is 10.4. The first-order valence-electron chi connectivity index (χ1n) is 5.34. The Bertz CT molecular complexity index is 198. The molecule has 0 bridgehead atoms. The lowest BCUT2D eigenvalue weighted by Crippen LogP contribution is -2.58. The summed E-state index contributed by atoms with van der Waals surface area (Å²) in [7, 11) is 0. The minimum Gasteiger partial charge on any atom is -0.348 e. The molecule has 0 aromatic heterocycles. The summed E-state index contributed by atoms with van der Waals surface area (Å²) in [6, 6.07) is 0.319. The molecule has 2 aliphatic rings. The second-order valence-corrected chi connectivity index (χ2v) is 4.98. The molecule has 2 fully saturated rings. The van der Waals surface area contributed by atoms with Gasteiger partial charge in [0.25, 0.3) is 0 Å². The fourth-order valence-corrected chi connectivity index (χ4v) is 2.04. The quantitative estimate of drug-likeness (QED) is 0.592. The molecule has 2 rings (SSSR count). The molecule has 1 heterocycles. The number of hydrogen-bond donors (Lipinski definition) is 2. The maximum Gasteiger partial charge on any atom is 0.168 e. The van der Waals surface area contributed by atoms with Gasteiger partial charge in [-0.25, -0.2) is 0 Å². The highest BCUT2D eigenvalue weighted by Gasteiger charge is 2.42. The Morgan fingerprint density at radius 2 is 1.64 bits per heavy atom. The Kier molecular flexibility index (Phi) is 2.55. The molecule has 0 radical (unpaired) electrons. The molecule has 1 spiro atoms. The van der Waals surface area contributed by atoms with Crippen LogP contribution in [0.25, 0.3) is 0 Å². The first-order chi connectivity index (χ1) is 6.52. The maximum absolute atomic E-state index is 5.92. The van der Waals surface area contributed by atoms with Crippen molar-refractivity contribution in [3.8, 4) is 0 Å². The molecule has 1 aliphatic heterocycles. The van der Waals surface area contributed by atoms with Crippen molar-refractivity contribution in [1.29, 1.82) is 0 Å². The Balaban J connectivity index is 1.93. The third-order valence-corrected chi connectivity index (χ3v) is 3.12. The van der Waals surface area contributed by atoms with Crippen molar-refractivity contribution in [2.45, 2.75) is 50.0 Å². The van der Waals surface area contributed by atoms with Gasteiger partial charge in [-0.3, -0.25) is 0 Å². The third-order valence-electron chi connectivity index (χ3n) is 3.12. The van der Waals surface area contributed by atoms with Gasteiger partial charge >= 0.3 is 0 Å². The molecule has 4 N–H and O–H groups in total. The smallest absolute Gasteiger partial charge is 0.168 e. The Labute approximate surface area is 84.9 Å². The van der Waals surface area contributed by atoms with Crippen molar-refractivity contribution in [1.82, 2.24) is 0 Å². The Hall–Kier alpha value is -0.160. The molecular weight excluding hydrogens is 180 g/mol. The van der Waals surface area contributed by atoms with E-state index in [4.69, 9.17) is 20.9 Å². The van der Waals surface area contributed by atoms with E-state index >= 15 is 0 Å². The normalized spacial score (nSPS) is 49.5. The summed E-state index contributed by atoms with van der Waals surface area (Å²) < 4.78 is 11.5. The monoisotopic (exact) mass is 200 g/mol. The maximum atomic E-state index is 5.92. The molecule has 4 heteroatoms. The average Bonchev–Trinajstić information content (AvgIpc) is 2.16. The fourth-order valence-electron chi connectivity index (χ4n) is 2.04. The van der Waals surface area contributed by atoms with Crippen LogP contribution in [0.1, 0.15) is 32.6 Å². The summed E-state index contributed by atoms with van der Waals surface area (Å²) in [6.45, 7) is 3.12. The van der Waals surface area contributed by atoms with Gasteiger partial charge in [0, 0.05) is 18.9 Å². The van der Waals surface area contributed by atoms with Gasteiger partial charge < -0.3 is 20.9 Å². The molecule has 0 atom stereocenters. The molecule has 0 aromatic carbocycles. The van der Waals surface area contributed by atoms with Gasteiger partial charge in [0.1, 0.15) is 0 Å². The molecular formula is C10H20N2O2. The van der Waals surface area contributed by atoms with Crippen molar-refractivity contribution in [3.63, 3.8) is 0 Å². The Morgan fingerprint density at radius 1 is 1.14 bits per heavy atom. The molecule has 1 aliphatic carbocycles. The van der Waals surface area contributed by atoms with Crippen LogP contribution in [0, 0.1) is 0 Å². The minimum absolute atomic E-state index is 0.319. The van der Waals surface area contributed by atoms with Crippen LogP contribution in [0.4, 0.5) is 0 Å². The SMILES string of the molecule is CC1(N)COC2(CCC(N)CC2)OC1. The van der Waals surface area contributed by atoms with Crippen molar-refractivity contribution < 1.29 is 9.47 Å². The number of ether oxygens (including phenoxy) is 2. The molecule has 82 valence electrons. The van der Waals surface area contributed by atoms with Crippen molar-refractivity contribution >= 4 is 0 Å². The lowest BCUT2D eigenvalue weighted by Gasteiger charge is -2.46. The fraction of sp³-hybridized carbons (Fsp3) is 1.00. The molecule has 0 amide bonds. The summed E-state index contributed by atoms with van der Waals surface area (Å²) >= 11 is 0. The van der Waals surface area contributed by atoms with E-state index in [1.807, 2.05) is 6.92 Å². The predicted molar refractivity (Wildman–Crippen MR) is 53.7 cm³/mol. The molecule has 0 unspecified atom stereocenters. The molecule has 14 heavy (non-hydrogen) atoms. The van der Waals surface area contributed by atoms with Crippen LogP contribution in [0.2, 0.25) is 0 Å². The largest absolute Gasteiger partial charge is 0.348 e. The number of nitrogens with two attached hydrogens (primary N) is 2. The molecule has 0 aromatic rings. The summed E-state index contributed by atoms with van der Waals surface area (Å²) in [5.41, 5.74) is 11.4. The highest BCUT2D eigenvalue weighted by Crippen LogP contribution is 2.35. The van der Waals surface area contributed by atoms with Gasteiger partial charge in [0.15, 0.2) is 5.79 Å². The van der Waals surface area contributed by atoms with E-state index in [0.29, 0.717) is 19.3 Å². The van der Waals surface area contributed by atoms with Crippen LogP contribution in [-0.4, -0.2) is 30.6 Å².